The van der Waals surface area contributed by atoms with Gasteiger partial charge in [0, 0.05) is 29.9 Å². The van der Waals surface area contributed by atoms with Gasteiger partial charge >= 0.3 is 18.4 Å². The minimum Gasteiger partial charge on any atom is -0.322 e. The number of amides is 4. The van der Waals surface area contributed by atoms with E-state index in [9.17, 15) is 31.6 Å². The standard InChI is InChI=1S/C24H25F3N4O5S/c25-20-13-17(22(32)28-29-23(33)21(26)27)4-5-18(20)14-31(19-7-6-15-2-1-3-16(15)12-19)24(34)30-8-10-37(35,36)11-9-30/h4-7,12-13,21H,1-3,8-11,14H2,(H,28,32)(H,29,33). The highest BCUT2D eigenvalue weighted by Gasteiger charge is 2.30. The van der Waals surface area contributed by atoms with Gasteiger partial charge in [-0.1, -0.05) is 12.1 Å². The van der Waals surface area contributed by atoms with Gasteiger partial charge in [-0.05, 0) is 54.7 Å². The number of rotatable bonds is 5. The normalized spacial score (nSPS) is 16.3. The molecule has 13 heteroatoms. The number of benzene rings is 2. The van der Waals surface area contributed by atoms with Crippen LogP contribution in [0.4, 0.5) is 23.7 Å². The predicted octanol–water partition coefficient (Wildman–Crippen LogP) is 2.20. The first-order valence-corrected chi connectivity index (χ1v) is 13.4. The number of nitrogens with one attached hydrogen (secondary N) is 2. The van der Waals surface area contributed by atoms with Crippen molar-refractivity contribution in [1.29, 1.82) is 0 Å². The Balaban J connectivity index is 1.56. The van der Waals surface area contributed by atoms with Crippen LogP contribution in [-0.2, 0) is 34.0 Å². The van der Waals surface area contributed by atoms with Crippen LogP contribution in [0.3, 0.4) is 0 Å². The van der Waals surface area contributed by atoms with Crippen LogP contribution in [0.1, 0.15) is 33.5 Å². The average molecular weight is 539 g/mol. The molecule has 1 heterocycles. The fourth-order valence-electron chi connectivity index (χ4n) is 4.30. The lowest BCUT2D eigenvalue weighted by Crippen LogP contribution is -2.49. The third-order valence-electron chi connectivity index (χ3n) is 6.38. The SMILES string of the molecule is O=C(NNC(=O)C(F)F)c1ccc(CN(C(=O)N2CCS(=O)(=O)CC2)c2ccc3c(c2)CCC3)c(F)c1. The second-order valence-electron chi connectivity index (χ2n) is 8.86. The van der Waals surface area contributed by atoms with Gasteiger partial charge in [0.25, 0.3) is 5.91 Å². The third kappa shape index (κ3) is 6.21. The Bertz CT molecular complexity index is 1320. The van der Waals surface area contributed by atoms with E-state index < -0.39 is 39.9 Å². The van der Waals surface area contributed by atoms with Crippen LogP contribution in [-0.4, -0.2) is 62.2 Å². The predicted molar refractivity (Wildman–Crippen MR) is 128 cm³/mol. The molecule has 0 spiro atoms. The lowest BCUT2D eigenvalue weighted by atomic mass is 10.1. The molecule has 0 aromatic heterocycles. The van der Waals surface area contributed by atoms with Crippen LogP contribution < -0.4 is 15.8 Å². The van der Waals surface area contributed by atoms with Crippen molar-refractivity contribution in [3.63, 3.8) is 0 Å². The van der Waals surface area contributed by atoms with Crippen LogP contribution in [0.15, 0.2) is 36.4 Å². The molecule has 0 saturated carbocycles. The molecular weight excluding hydrogens is 513 g/mol. The van der Waals surface area contributed by atoms with E-state index >= 15 is 4.39 Å². The average Bonchev–Trinajstić information content (AvgIpc) is 3.34. The number of alkyl halides is 2. The molecule has 37 heavy (non-hydrogen) atoms. The summed E-state index contributed by atoms with van der Waals surface area (Å²) in [6.45, 7) is -0.153. The first-order valence-electron chi connectivity index (χ1n) is 11.6. The van der Waals surface area contributed by atoms with Crippen molar-refractivity contribution in [2.24, 2.45) is 0 Å². The van der Waals surface area contributed by atoms with Gasteiger partial charge in [-0.15, -0.1) is 0 Å². The fourth-order valence-corrected chi connectivity index (χ4v) is 5.50. The van der Waals surface area contributed by atoms with E-state index in [1.54, 1.807) is 11.5 Å². The molecule has 2 N–H and O–H groups in total. The van der Waals surface area contributed by atoms with Gasteiger partial charge in [-0.25, -0.2) is 17.6 Å². The number of urea groups is 1. The molecule has 1 fully saturated rings. The smallest absolute Gasteiger partial charge is 0.322 e. The molecule has 1 saturated heterocycles. The van der Waals surface area contributed by atoms with Crippen molar-refractivity contribution in [1.82, 2.24) is 15.8 Å². The first kappa shape index (κ1) is 26.5. The zero-order chi connectivity index (χ0) is 26.7. The highest BCUT2D eigenvalue weighted by molar-refractivity contribution is 7.91. The number of hydrogen-bond acceptors (Lipinski definition) is 5. The number of carbonyl (C=O) groups excluding carboxylic acids is 3. The molecule has 0 unspecified atom stereocenters. The van der Waals surface area contributed by atoms with E-state index in [4.69, 9.17) is 0 Å². The second-order valence-corrected chi connectivity index (χ2v) is 11.2. The molecule has 0 radical (unpaired) electrons. The Kier molecular flexibility index (Phi) is 7.71. The quantitative estimate of drug-likeness (QED) is 0.567. The molecule has 2 aliphatic rings. The van der Waals surface area contributed by atoms with Crippen LogP contribution in [0.5, 0.6) is 0 Å². The Labute approximate surface area is 211 Å². The molecule has 4 rings (SSSR count). The van der Waals surface area contributed by atoms with E-state index in [1.807, 2.05) is 12.1 Å². The van der Waals surface area contributed by atoms with Gasteiger partial charge in [-0.3, -0.25) is 25.3 Å². The summed E-state index contributed by atoms with van der Waals surface area (Å²) in [5.41, 5.74) is 5.97. The molecule has 1 aliphatic carbocycles. The number of aryl methyl sites for hydroxylation is 2. The number of anilines is 1. The molecule has 9 nitrogen and oxygen atoms in total. The zero-order valence-electron chi connectivity index (χ0n) is 19.7. The van der Waals surface area contributed by atoms with E-state index in [0.29, 0.717) is 5.69 Å². The largest absolute Gasteiger partial charge is 0.324 e. The maximum Gasteiger partial charge on any atom is 0.324 e. The number of hydrogen-bond donors (Lipinski definition) is 2. The minimum absolute atomic E-state index is 0.0224. The molecule has 198 valence electrons. The van der Waals surface area contributed by atoms with E-state index in [0.717, 1.165) is 30.9 Å². The third-order valence-corrected chi connectivity index (χ3v) is 7.99. The van der Waals surface area contributed by atoms with Crippen molar-refractivity contribution in [2.75, 3.05) is 29.5 Å². The topological polar surface area (TPSA) is 116 Å². The molecule has 4 amide bonds. The summed E-state index contributed by atoms with van der Waals surface area (Å²) < 4.78 is 63.2. The number of sulfone groups is 1. The number of hydrazine groups is 1. The van der Waals surface area contributed by atoms with Gasteiger partial charge in [0.1, 0.15) is 5.82 Å². The summed E-state index contributed by atoms with van der Waals surface area (Å²) in [6.07, 6.45) is -0.550. The van der Waals surface area contributed by atoms with Crippen molar-refractivity contribution in [3.05, 3.63) is 64.5 Å². The lowest BCUT2D eigenvalue weighted by Gasteiger charge is -2.33. The van der Waals surface area contributed by atoms with Gasteiger partial charge in [0.05, 0.1) is 18.1 Å². The van der Waals surface area contributed by atoms with Crippen molar-refractivity contribution >= 4 is 33.4 Å². The van der Waals surface area contributed by atoms with Crippen LogP contribution >= 0.6 is 0 Å². The molecule has 2 aromatic rings. The summed E-state index contributed by atoms with van der Waals surface area (Å²) in [4.78, 5) is 39.3. The van der Waals surface area contributed by atoms with Gasteiger partial charge in [0.2, 0.25) is 0 Å². The zero-order valence-corrected chi connectivity index (χ0v) is 20.5. The van der Waals surface area contributed by atoms with Gasteiger partial charge in [-0.2, -0.15) is 8.78 Å². The minimum atomic E-state index is -3.33. The molecule has 0 bridgehead atoms. The number of carbonyl (C=O) groups is 3. The molecule has 2 aromatic carbocycles. The number of fused-ring (bicyclic) bond motifs is 1. The number of nitrogens with zero attached hydrogens (tertiary/aromatic N) is 2. The summed E-state index contributed by atoms with van der Waals surface area (Å²) >= 11 is 0. The molecule has 1 aliphatic heterocycles. The van der Waals surface area contributed by atoms with Gasteiger partial charge < -0.3 is 4.90 Å². The van der Waals surface area contributed by atoms with E-state index in [2.05, 4.69) is 0 Å². The Morgan fingerprint density at radius 3 is 2.35 bits per heavy atom. The maximum absolute atomic E-state index is 15.0. The summed E-state index contributed by atoms with van der Waals surface area (Å²) in [7, 11) is -3.22. The lowest BCUT2D eigenvalue weighted by molar-refractivity contribution is -0.132. The van der Waals surface area contributed by atoms with Crippen molar-refractivity contribution < 1.29 is 36.0 Å². The highest BCUT2D eigenvalue weighted by atomic mass is 32.2. The Morgan fingerprint density at radius 2 is 1.68 bits per heavy atom. The van der Waals surface area contributed by atoms with E-state index in [1.165, 1.54) is 32.9 Å². The first-order chi connectivity index (χ1) is 17.5. The Morgan fingerprint density at radius 1 is 0.973 bits per heavy atom. The monoisotopic (exact) mass is 538 g/mol. The summed E-state index contributed by atoms with van der Waals surface area (Å²) in [5.74, 6) is -3.85. The molecular formula is C24H25F3N4O5S. The second kappa shape index (κ2) is 10.8. The van der Waals surface area contributed by atoms with Gasteiger partial charge in [0.15, 0.2) is 9.84 Å². The summed E-state index contributed by atoms with van der Waals surface area (Å²) in [6, 6.07) is 8.51. The summed E-state index contributed by atoms with van der Waals surface area (Å²) in [5, 5.41) is 0. The highest BCUT2D eigenvalue weighted by Crippen LogP contribution is 2.29. The van der Waals surface area contributed by atoms with E-state index in [-0.39, 0.29) is 42.3 Å². The van der Waals surface area contributed by atoms with Crippen LogP contribution in [0.25, 0.3) is 0 Å². The number of halogens is 3. The fraction of sp³-hybridized carbons (Fsp3) is 0.375. The van der Waals surface area contributed by atoms with Crippen LogP contribution in [0, 0.1) is 5.82 Å². The maximum atomic E-state index is 15.0. The van der Waals surface area contributed by atoms with Crippen molar-refractivity contribution in [2.45, 2.75) is 32.2 Å². The van der Waals surface area contributed by atoms with Crippen LogP contribution in [0.2, 0.25) is 0 Å². The molecule has 0 atom stereocenters. The van der Waals surface area contributed by atoms with Crippen molar-refractivity contribution in [3.8, 4) is 0 Å². The Hall–Kier alpha value is -3.61.